The highest BCUT2D eigenvalue weighted by atomic mass is 16.5. The molecule has 0 radical (unpaired) electrons. The summed E-state index contributed by atoms with van der Waals surface area (Å²) in [7, 11) is 13.7. The third-order valence-corrected chi connectivity index (χ3v) is 17.4. The van der Waals surface area contributed by atoms with E-state index >= 15 is 0 Å². The molecule has 12 nitrogen and oxygen atoms in total. The van der Waals surface area contributed by atoms with Crippen LogP contribution in [0, 0.1) is 0 Å². The normalized spacial score (nSPS) is 13.5. The number of nitrogens with zero attached hydrogens (tertiary/aromatic N) is 4. The summed E-state index contributed by atoms with van der Waals surface area (Å²) in [5.74, 6) is 5.38. The minimum absolute atomic E-state index is 0.0329. The van der Waals surface area contributed by atoms with Crippen molar-refractivity contribution >= 4 is 62.6 Å². The molecule has 11 aromatic rings. The second kappa shape index (κ2) is 25.5. The van der Waals surface area contributed by atoms with Gasteiger partial charge in [0.2, 0.25) is 0 Å². The van der Waals surface area contributed by atoms with Gasteiger partial charge in [0.05, 0.1) is 61.9 Å². The highest BCUT2D eigenvalue weighted by Crippen LogP contribution is 2.54. The zero-order valence-corrected chi connectivity index (χ0v) is 51.7. The lowest BCUT2D eigenvalue weighted by Gasteiger charge is -2.45. The lowest BCUT2D eigenvalue weighted by atomic mass is 9.79. The van der Waals surface area contributed by atoms with Gasteiger partial charge in [0, 0.05) is 69.7 Å². The van der Waals surface area contributed by atoms with E-state index in [1.54, 1.807) is 49.8 Å². The summed E-state index contributed by atoms with van der Waals surface area (Å²) < 4.78 is 46.2. The predicted molar refractivity (Wildman–Crippen MR) is 364 cm³/mol. The van der Waals surface area contributed by atoms with Crippen molar-refractivity contribution in [3.8, 4) is 84.8 Å². The van der Waals surface area contributed by atoms with Crippen LogP contribution in [-0.2, 0) is 4.74 Å². The van der Waals surface area contributed by atoms with Gasteiger partial charge >= 0.3 is 0 Å². The van der Waals surface area contributed by atoms with Gasteiger partial charge in [-0.25, -0.2) is 0 Å². The average Bonchev–Trinajstić information content (AvgIpc) is 0.743. The van der Waals surface area contributed by atoms with Crippen LogP contribution in [0.1, 0.15) is 12.8 Å². The van der Waals surface area contributed by atoms with Crippen molar-refractivity contribution < 1.29 is 37.9 Å². The van der Waals surface area contributed by atoms with Crippen LogP contribution in [0.5, 0.6) is 40.2 Å². The summed E-state index contributed by atoms with van der Waals surface area (Å²) in [6, 6.07) is 85.4. The van der Waals surface area contributed by atoms with Crippen molar-refractivity contribution in [2.45, 2.75) is 25.0 Å². The molecule has 0 bridgehead atoms. The molecule has 0 aromatic heterocycles. The molecule has 1 unspecified atom stereocenters. The molecule has 0 aliphatic heterocycles. The monoisotopic (exact) mass is 1190 g/mol. The summed E-state index contributed by atoms with van der Waals surface area (Å²) in [6.45, 7) is 0. The Kier molecular flexibility index (Phi) is 16.5. The minimum Gasteiger partial charge on any atom is -0.497 e. The van der Waals surface area contributed by atoms with Crippen LogP contribution in [0.2, 0.25) is 0 Å². The summed E-state index contributed by atoms with van der Waals surface area (Å²) in [4.78, 5) is 9.33. The van der Waals surface area contributed by atoms with Crippen LogP contribution >= 0.6 is 0 Å². The number of fused-ring (bicyclic) bond motifs is 8. The second-order valence-corrected chi connectivity index (χ2v) is 22.1. The van der Waals surface area contributed by atoms with Gasteiger partial charge in [0.1, 0.15) is 40.2 Å². The third kappa shape index (κ3) is 11.2. The maximum Gasteiger partial charge on any atom is 0.119 e. The van der Waals surface area contributed by atoms with Gasteiger partial charge in [-0.2, -0.15) is 0 Å². The molecule has 2 aliphatic carbocycles. The van der Waals surface area contributed by atoms with Crippen LogP contribution in [0.3, 0.4) is 0 Å². The molecule has 2 aliphatic rings. The smallest absolute Gasteiger partial charge is 0.119 e. The molecule has 13 rings (SSSR count). The molecule has 11 aromatic carbocycles. The summed E-state index contributed by atoms with van der Waals surface area (Å²) >= 11 is 0. The minimum atomic E-state index is 0.0329. The maximum absolute atomic E-state index is 6.22. The summed E-state index contributed by atoms with van der Waals surface area (Å²) in [5, 5.41) is 0. The number of anilines is 11. The van der Waals surface area contributed by atoms with Crippen molar-refractivity contribution in [3.05, 3.63) is 243 Å². The molecular weight excluding hydrogens is 1120 g/mol. The first-order chi connectivity index (χ1) is 44.2. The van der Waals surface area contributed by atoms with E-state index in [0.29, 0.717) is 0 Å². The number of methoxy groups -OCH3 is 8. The zero-order chi connectivity index (χ0) is 61.8. The Labute approximate surface area is 526 Å². The Balaban J connectivity index is 1.11. The topological polar surface area (TPSA) is 86.8 Å². The number of hydrogen-bond acceptors (Lipinski definition) is 12. The van der Waals surface area contributed by atoms with Gasteiger partial charge in [-0.1, -0.05) is 24.3 Å². The Morgan fingerprint density at radius 2 is 0.433 bits per heavy atom. The quantitative estimate of drug-likeness (QED) is 0.0728. The average molecular weight is 1190 g/mol. The molecule has 90 heavy (non-hydrogen) atoms. The van der Waals surface area contributed by atoms with E-state index in [1.807, 2.05) is 92.0 Å². The van der Waals surface area contributed by atoms with Crippen molar-refractivity contribution in [1.82, 2.24) is 0 Å². The van der Waals surface area contributed by atoms with Crippen LogP contribution in [-0.4, -0.2) is 69.0 Å². The first-order valence-corrected chi connectivity index (χ1v) is 30.0. The fourth-order valence-corrected chi connectivity index (χ4v) is 12.6. The van der Waals surface area contributed by atoms with Crippen molar-refractivity contribution in [2.75, 3.05) is 76.5 Å². The summed E-state index contributed by atoms with van der Waals surface area (Å²) in [5.41, 5.74) is 19.1. The number of hydrogen-bond donors (Lipinski definition) is 0. The van der Waals surface area contributed by atoms with Crippen molar-refractivity contribution in [1.29, 1.82) is 0 Å². The van der Waals surface area contributed by atoms with E-state index in [1.165, 1.54) is 0 Å². The molecule has 0 amide bonds. The molecular formula is C78H70N4O8. The molecule has 2 atom stereocenters. The molecule has 450 valence electrons. The Hall–Kier alpha value is -10.8. The lowest BCUT2D eigenvalue weighted by molar-refractivity contribution is 0.0214. The Bertz CT molecular complexity index is 4140. The highest BCUT2D eigenvalue weighted by molar-refractivity contribution is 6.07. The second-order valence-electron chi connectivity index (χ2n) is 22.1. The van der Waals surface area contributed by atoms with E-state index < -0.39 is 0 Å². The Morgan fingerprint density at radius 1 is 0.222 bits per heavy atom. The number of ether oxygens (including phenoxy) is 8. The van der Waals surface area contributed by atoms with E-state index in [9.17, 15) is 0 Å². The van der Waals surface area contributed by atoms with Gasteiger partial charge in [-0.05, 0) is 276 Å². The highest BCUT2D eigenvalue weighted by Gasteiger charge is 2.38. The number of rotatable bonds is 20. The molecule has 0 saturated heterocycles. The van der Waals surface area contributed by atoms with Gasteiger partial charge < -0.3 is 57.5 Å². The van der Waals surface area contributed by atoms with Gasteiger partial charge in [0.25, 0.3) is 0 Å². The Morgan fingerprint density at radius 3 is 0.644 bits per heavy atom. The van der Waals surface area contributed by atoms with Crippen LogP contribution in [0.15, 0.2) is 243 Å². The van der Waals surface area contributed by atoms with Crippen LogP contribution < -0.4 is 52.8 Å². The first-order valence-electron chi connectivity index (χ1n) is 30.0. The van der Waals surface area contributed by atoms with Gasteiger partial charge in [-0.15, -0.1) is 0 Å². The molecule has 0 N–H and O–H groups in total. The fourth-order valence-electron chi connectivity index (χ4n) is 12.6. The van der Waals surface area contributed by atoms with E-state index in [-0.39, 0.29) is 12.1 Å². The fraction of sp³-hybridized carbons (Fsp3) is 0.154. The molecule has 1 saturated carbocycles. The maximum atomic E-state index is 6.22. The lowest BCUT2D eigenvalue weighted by Crippen LogP contribution is -2.49. The standard InChI is InChI=1S/C78H70N4O8/c1-83-62-27-9-51(10-28-62)79(52-11-29-63(84-2)30-12-52)58-23-41-69-70-42-24-60(81(55-17-35-66(87-5)36-18-55)56-19-37-67(88-6)38-20-56)49-75(70)76-50-61(82(77-45-46-78(77)90-8)57-21-39-68(89-7)40-22-57)26-44-72(76)71-43-25-59(48-74(71)73(69)47-58)80(53-13-31-64(85-3)32-14-53)54-15-33-65(86-4)34-16-54/h9-44,47-50,77-78H,45-46H2,1-8H3/t77-,78?/m1/s1. The largest absolute Gasteiger partial charge is 0.497 e. The van der Waals surface area contributed by atoms with Crippen LogP contribution in [0.4, 0.5) is 62.6 Å². The van der Waals surface area contributed by atoms with E-state index in [2.05, 4.69) is 177 Å². The summed E-state index contributed by atoms with van der Waals surface area (Å²) in [6.07, 6.45) is 1.96. The van der Waals surface area contributed by atoms with Crippen LogP contribution in [0.25, 0.3) is 44.5 Å². The third-order valence-electron chi connectivity index (χ3n) is 17.4. The first kappa shape index (κ1) is 58.2. The molecule has 12 heteroatoms. The molecule has 0 heterocycles. The van der Waals surface area contributed by atoms with Crippen molar-refractivity contribution in [2.24, 2.45) is 0 Å². The zero-order valence-electron chi connectivity index (χ0n) is 51.7. The molecule has 1 fully saturated rings. The SMILES string of the molecule is COc1ccc(N(c2ccc(OC)cc2)c2ccc3c(c2)-c2cc(N(c4ccc(OC)cc4)c4ccc(OC)cc4)ccc2-c2ccc(N(c4ccc(OC)cc4)[C@@H]4CCC4OC)cc2-c2cc(N(c4ccc(OC)cc4)c4ccc(OC)cc4)ccc2-3)cc1. The molecule has 0 spiro atoms. The predicted octanol–water partition coefficient (Wildman–Crippen LogP) is 19.5. The van der Waals surface area contributed by atoms with Gasteiger partial charge in [0.15, 0.2) is 0 Å². The van der Waals surface area contributed by atoms with E-state index in [4.69, 9.17) is 37.9 Å². The van der Waals surface area contributed by atoms with Gasteiger partial charge in [-0.3, -0.25) is 0 Å². The number of benzene rings is 11. The van der Waals surface area contributed by atoms with E-state index in [0.717, 1.165) is 160 Å². The van der Waals surface area contributed by atoms with Crippen molar-refractivity contribution in [3.63, 3.8) is 0 Å².